The van der Waals surface area contributed by atoms with E-state index in [4.69, 9.17) is 16.3 Å². The van der Waals surface area contributed by atoms with E-state index in [1.807, 2.05) is 49.4 Å². The Bertz CT molecular complexity index is 607. The highest BCUT2D eigenvalue weighted by molar-refractivity contribution is 9.10. The minimum atomic E-state index is -0.624. The average molecular weight is 371 g/mol. The first-order valence-corrected chi connectivity index (χ1v) is 7.78. The Morgan fingerprint density at radius 3 is 2.81 bits per heavy atom. The predicted octanol–water partition coefficient (Wildman–Crippen LogP) is 4.26. The SMILES string of the molecule is Cc1ccc(NCC(O)COc2cccc(Br)c2)c(Cl)c1. The molecule has 2 aromatic carbocycles. The maximum atomic E-state index is 9.94. The van der Waals surface area contributed by atoms with E-state index < -0.39 is 6.10 Å². The van der Waals surface area contributed by atoms with Crippen molar-refractivity contribution in [3.8, 4) is 5.75 Å². The Kier molecular flexibility index (Phi) is 5.91. The van der Waals surface area contributed by atoms with E-state index in [1.165, 1.54) is 0 Å². The molecule has 0 spiro atoms. The van der Waals surface area contributed by atoms with Crippen LogP contribution in [-0.2, 0) is 0 Å². The molecule has 0 bridgehead atoms. The van der Waals surface area contributed by atoms with Gasteiger partial charge in [-0.2, -0.15) is 0 Å². The summed E-state index contributed by atoms with van der Waals surface area (Å²) in [5.74, 6) is 0.719. The number of hydrogen-bond acceptors (Lipinski definition) is 3. The van der Waals surface area contributed by atoms with E-state index in [2.05, 4.69) is 21.2 Å². The maximum Gasteiger partial charge on any atom is 0.120 e. The minimum absolute atomic E-state index is 0.215. The van der Waals surface area contributed by atoms with Gasteiger partial charge in [0.25, 0.3) is 0 Å². The second-order valence-corrected chi connectivity index (χ2v) is 6.11. The zero-order chi connectivity index (χ0) is 15.2. The van der Waals surface area contributed by atoms with Crippen LogP contribution in [0.4, 0.5) is 5.69 Å². The molecule has 0 amide bonds. The monoisotopic (exact) mass is 369 g/mol. The van der Waals surface area contributed by atoms with Crippen LogP contribution in [0.2, 0.25) is 5.02 Å². The van der Waals surface area contributed by atoms with E-state index in [0.717, 1.165) is 21.5 Å². The molecule has 3 nitrogen and oxygen atoms in total. The van der Waals surface area contributed by atoms with E-state index in [1.54, 1.807) is 0 Å². The van der Waals surface area contributed by atoms with E-state index in [9.17, 15) is 5.11 Å². The van der Waals surface area contributed by atoms with Crippen molar-refractivity contribution in [2.75, 3.05) is 18.5 Å². The van der Waals surface area contributed by atoms with Crippen molar-refractivity contribution < 1.29 is 9.84 Å². The van der Waals surface area contributed by atoms with Crippen LogP contribution in [0.25, 0.3) is 0 Å². The molecule has 5 heteroatoms. The van der Waals surface area contributed by atoms with Crippen LogP contribution in [0.15, 0.2) is 46.9 Å². The Labute approximate surface area is 138 Å². The van der Waals surface area contributed by atoms with Crippen molar-refractivity contribution in [2.24, 2.45) is 0 Å². The lowest BCUT2D eigenvalue weighted by molar-refractivity contribution is 0.117. The number of benzene rings is 2. The lowest BCUT2D eigenvalue weighted by Crippen LogP contribution is -2.26. The molecule has 2 N–H and O–H groups in total. The van der Waals surface area contributed by atoms with Crippen LogP contribution in [0.3, 0.4) is 0 Å². The van der Waals surface area contributed by atoms with Gasteiger partial charge in [-0.3, -0.25) is 0 Å². The van der Waals surface area contributed by atoms with Gasteiger partial charge in [-0.05, 0) is 42.8 Å². The Morgan fingerprint density at radius 1 is 1.29 bits per heavy atom. The number of halogens is 2. The van der Waals surface area contributed by atoms with E-state index in [-0.39, 0.29) is 6.61 Å². The Balaban J connectivity index is 1.80. The molecule has 0 aromatic heterocycles. The zero-order valence-electron chi connectivity index (χ0n) is 11.6. The number of nitrogens with one attached hydrogen (secondary N) is 1. The summed E-state index contributed by atoms with van der Waals surface area (Å²) in [6, 6.07) is 13.3. The summed E-state index contributed by atoms with van der Waals surface area (Å²) < 4.78 is 6.48. The molecule has 2 rings (SSSR count). The van der Waals surface area contributed by atoms with Gasteiger partial charge < -0.3 is 15.2 Å². The van der Waals surface area contributed by atoms with E-state index in [0.29, 0.717) is 11.6 Å². The molecule has 1 atom stereocenters. The third kappa shape index (κ3) is 5.23. The van der Waals surface area contributed by atoms with Crippen molar-refractivity contribution in [3.05, 3.63) is 57.5 Å². The topological polar surface area (TPSA) is 41.5 Å². The molecular formula is C16H17BrClNO2. The molecule has 0 aliphatic carbocycles. The molecule has 2 aromatic rings. The largest absolute Gasteiger partial charge is 0.491 e. The second kappa shape index (κ2) is 7.69. The molecule has 0 aliphatic rings. The molecule has 0 heterocycles. The van der Waals surface area contributed by atoms with Crippen molar-refractivity contribution in [2.45, 2.75) is 13.0 Å². The van der Waals surface area contributed by atoms with Crippen molar-refractivity contribution in [1.82, 2.24) is 0 Å². The van der Waals surface area contributed by atoms with Crippen LogP contribution < -0.4 is 10.1 Å². The lowest BCUT2D eigenvalue weighted by Gasteiger charge is -2.15. The number of hydrogen-bond donors (Lipinski definition) is 2. The van der Waals surface area contributed by atoms with Crippen molar-refractivity contribution in [3.63, 3.8) is 0 Å². The standard InChI is InChI=1S/C16H17BrClNO2/c1-11-5-6-16(15(18)7-11)19-9-13(20)10-21-14-4-2-3-12(17)8-14/h2-8,13,19-20H,9-10H2,1H3. The average Bonchev–Trinajstić information content (AvgIpc) is 2.44. The lowest BCUT2D eigenvalue weighted by atomic mass is 10.2. The summed E-state index contributed by atoms with van der Waals surface area (Å²) in [4.78, 5) is 0. The number of aryl methyl sites for hydroxylation is 1. The Hall–Kier alpha value is -1.23. The molecule has 21 heavy (non-hydrogen) atoms. The molecular weight excluding hydrogens is 354 g/mol. The first-order valence-electron chi connectivity index (χ1n) is 6.61. The molecule has 0 aliphatic heterocycles. The van der Waals surface area contributed by atoms with Gasteiger partial charge in [0, 0.05) is 11.0 Å². The summed E-state index contributed by atoms with van der Waals surface area (Å²) in [5, 5.41) is 13.7. The van der Waals surface area contributed by atoms with Gasteiger partial charge in [0.1, 0.15) is 18.5 Å². The quantitative estimate of drug-likeness (QED) is 0.798. The van der Waals surface area contributed by atoms with Crippen molar-refractivity contribution >= 4 is 33.2 Å². The fourth-order valence-corrected chi connectivity index (χ4v) is 2.48. The van der Waals surface area contributed by atoms with Gasteiger partial charge in [0.15, 0.2) is 0 Å². The molecule has 0 fully saturated rings. The number of anilines is 1. The summed E-state index contributed by atoms with van der Waals surface area (Å²) in [6.07, 6.45) is -0.624. The highest BCUT2D eigenvalue weighted by Crippen LogP contribution is 2.22. The smallest absolute Gasteiger partial charge is 0.120 e. The first kappa shape index (κ1) is 16.1. The minimum Gasteiger partial charge on any atom is -0.491 e. The van der Waals surface area contributed by atoms with E-state index >= 15 is 0 Å². The van der Waals surface area contributed by atoms with Crippen molar-refractivity contribution in [1.29, 1.82) is 0 Å². The zero-order valence-corrected chi connectivity index (χ0v) is 14.0. The van der Waals surface area contributed by atoms with Gasteiger partial charge in [-0.1, -0.05) is 39.7 Å². The van der Waals surface area contributed by atoms with Gasteiger partial charge in [-0.25, -0.2) is 0 Å². The van der Waals surface area contributed by atoms with Gasteiger partial charge in [0.2, 0.25) is 0 Å². The number of ether oxygens (including phenoxy) is 1. The molecule has 0 saturated heterocycles. The third-order valence-corrected chi connectivity index (χ3v) is 3.70. The normalized spacial score (nSPS) is 12.0. The Morgan fingerprint density at radius 2 is 2.10 bits per heavy atom. The molecule has 0 saturated carbocycles. The van der Waals surface area contributed by atoms with Crippen LogP contribution >= 0.6 is 27.5 Å². The molecule has 112 valence electrons. The van der Waals surface area contributed by atoms with Gasteiger partial charge in [0.05, 0.1) is 10.7 Å². The third-order valence-electron chi connectivity index (χ3n) is 2.89. The number of rotatable bonds is 6. The highest BCUT2D eigenvalue weighted by Gasteiger charge is 2.07. The summed E-state index contributed by atoms with van der Waals surface area (Å²) in [6.45, 7) is 2.57. The van der Waals surface area contributed by atoms with Crippen LogP contribution in [0.1, 0.15) is 5.56 Å². The highest BCUT2D eigenvalue weighted by atomic mass is 79.9. The molecule has 1 unspecified atom stereocenters. The fraction of sp³-hybridized carbons (Fsp3) is 0.250. The summed E-state index contributed by atoms with van der Waals surface area (Å²) in [5.41, 5.74) is 1.91. The summed E-state index contributed by atoms with van der Waals surface area (Å²) in [7, 11) is 0. The van der Waals surface area contributed by atoms with Gasteiger partial charge in [-0.15, -0.1) is 0 Å². The van der Waals surface area contributed by atoms with Crippen LogP contribution in [-0.4, -0.2) is 24.4 Å². The molecule has 0 radical (unpaired) electrons. The predicted molar refractivity (Wildman–Crippen MR) is 90.3 cm³/mol. The van der Waals surface area contributed by atoms with Crippen LogP contribution in [0.5, 0.6) is 5.75 Å². The number of aliphatic hydroxyl groups is 1. The fourth-order valence-electron chi connectivity index (χ4n) is 1.80. The maximum absolute atomic E-state index is 9.94. The van der Waals surface area contributed by atoms with Gasteiger partial charge >= 0.3 is 0 Å². The summed E-state index contributed by atoms with van der Waals surface area (Å²) >= 11 is 9.50. The first-order chi connectivity index (χ1) is 10.0. The van der Waals surface area contributed by atoms with Crippen LogP contribution in [0, 0.1) is 6.92 Å². The second-order valence-electron chi connectivity index (χ2n) is 4.79. The number of aliphatic hydroxyl groups excluding tert-OH is 1.